The van der Waals surface area contributed by atoms with Crippen LogP contribution in [0.3, 0.4) is 0 Å². The number of non-ortho nitro benzene ring substituents is 1. The number of hydrogen-bond donors (Lipinski definition) is 1. The Morgan fingerprint density at radius 2 is 1.69 bits per heavy atom. The standard InChI is InChI=1S/C22H20N2O7S/c1-16-5-11-21(12-6-16)32(28,29)23-14-22(25)30-15-17-3-2-4-20(13-17)31-19-9-7-18(8-10-19)24(26)27/h2-13,23H,14-15H2,1H3. The highest BCUT2D eigenvalue weighted by Crippen LogP contribution is 2.24. The Balaban J connectivity index is 1.52. The molecule has 0 amide bonds. The minimum absolute atomic E-state index is 0.0454. The first-order chi connectivity index (χ1) is 15.2. The zero-order chi connectivity index (χ0) is 23.1. The summed E-state index contributed by atoms with van der Waals surface area (Å²) in [6, 6.07) is 18.6. The van der Waals surface area contributed by atoms with Crippen LogP contribution in [0.25, 0.3) is 0 Å². The van der Waals surface area contributed by atoms with Gasteiger partial charge in [-0.05, 0) is 48.9 Å². The highest BCUT2D eigenvalue weighted by Gasteiger charge is 2.16. The summed E-state index contributed by atoms with van der Waals surface area (Å²) < 4.78 is 37.4. The van der Waals surface area contributed by atoms with E-state index in [1.807, 2.05) is 6.92 Å². The third-order valence-corrected chi connectivity index (χ3v) is 5.74. The summed E-state index contributed by atoms with van der Waals surface area (Å²) in [7, 11) is -3.82. The van der Waals surface area contributed by atoms with Crippen molar-refractivity contribution in [2.24, 2.45) is 0 Å². The monoisotopic (exact) mass is 456 g/mol. The first-order valence-electron chi connectivity index (χ1n) is 9.46. The van der Waals surface area contributed by atoms with E-state index in [0.717, 1.165) is 5.56 Å². The maximum Gasteiger partial charge on any atom is 0.321 e. The van der Waals surface area contributed by atoms with Crippen LogP contribution in [0.4, 0.5) is 5.69 Å². The first-order valence-corrected chi connectivity index (χ1v) is 10.9. The molecule has 3 aromatic carbocycles. The Morgan fingerprint density at radius 3 is 2.34 bits per heavy atom. The van der Waals surface area contributed by atoms with E-state index in [1.54, 1.807) is 36.4 Å². The molecular formula is C22H20N2O7S. The van der Waals surface area contributed by atoms with Crippen LogP contribution in [0.2, 0.25) is 0 Å². The van der Waals surface area contributed by atoms with Gasteiger partial charge in [0.2, 0.25) is 10.0 Å². The van der Waals surface area contributed by atoms with Crippen LogP contribution in [-0.4, -0.2) is 25.9 Å². The van der Waals surface area contributed by atoms with Crippen molar-refractivity contribution >= 4 is 21.7 Å². The van der Waals surface area contributed by atoms with E-state index in [9.17, 15) is 23.3 Å². The predicted molar refractivity (Wildman–Crippen MR) is 116 cm³/mol. The zero-order valence-electron chi connectivity index (χ0n) is 17.1. The third-order valence-electron chi connectivity index (χ3n) is 4.32. The van der Waals surface area contributed by atoms with E-state index in [1.165, 1.54) is 36.4 Å². The van der Waals surface area contributed by atoms with Crippen LogP contribution in [0.5, 0.6) is 11.5 Å². The molecule has 0 aliphatic carbocycles. The maximum atomic E-state index is 12.2. The van der Waals surface area contributed by atoms with Crippen molar-refractivity contribution in [1.29, 1.82) is 0 Å². The molecule has 0 aromatic heterocycles. The lowest BCUT2D eigenvalue weighted by molar-refractivity contribution is -0.384. The Labute approximate surface area is 184 Å². The number of ether oxygens (including phenoxy) is 2. The number of nitrogens with zero attached hydrogens (tertiary/aromatic N) is 1. The fraction of sp³-hybridized carbons (Fsp3) is 0.136. The van der Waals surface area contributed by atoms with Crippen LogP contribution in [0, 0.1) is 17.0 Å². The number of aryl methyl sites for hydroxylation is 1. The van der Waals surface area contributed by atoms with Gasteiger partial charge in [0.1, 0.15) is 24.7 Å². The molecule has 3 aromatic rings. The van der Waals surface area contributed by atoms with Gasteiger partial charge >= 0.3 is 5.97 Å². The number of sulfonamides is 1. The molecule has 0 bridgehead atoms. The molecule has 0 unspecified atom stereocenters. The second kappa shape index (κ2) is 10.0. The van der Waals surface area contributed by atoms with Gasteiger partial charge in [-0.1, -0.05) is 29.8 Å². The molecule has 10 heteroatoms. The van der Waals surface area contributed by atoms with Gasteiger partial charge in [-0.3, -0.25) is 14.9 Å². The molecule has 0 spiro atoms. The van der Waals surface area contributed by atoms with Gasteiger partial charge in [-0.25, -0.2) is 8.42 Å². The fourth-order valence-corrected chi connectivity index (χ4v) is 3.61. The number of nitrogens with one attached hydrogen (secondary N) is 1. The summed E-state index contributed by atoms with van der Waals surface area (Å²) in [6.07, 6.45) is 0. The minimum atomic E-state index is -3.82. The third kappa shape index (κ3) is 6.37. The number of benzene rings is 3. The second-order valence-electron chi connectivity index (χ2n) is 6.80. The molecule has 0 saturated carbocycles. The first kappa shape index (κ1) is 22.9. The van der Waals surface area contributed by atoms with E-state index >= 15 is 0 Å². The van der Waals surface area contributed by atoms with Crippen molar-refractivity contribution in [3.63, 3.8) is 0 Å². The number of nitro benzene ring substituents is 1. The van der Waals surface area contributed by atoms with Gasteiger partial charge < -0.3 is 9.47 Å². The van der Waals surface area contributed by atoms with Crippen molar-refractivity contribution in [3.8, 4) is 11.5 Å². The summed E-state index contributed by atoms with van der Waals surface area (Å²) in [5, 5.41) is 10.7. The van der Waals surface area contributed by atoms with Crippen molar-refractivity contribution in [2.75, 3.05) is 6.54 Å². The largest absolute Gasteiger partial charge is 0.460 e. The number of carbonyl (C=O) groups excluding carboxylic acids is 1. The van der Waals surface area contributed by atoms with E-state index in [4.69, 9.17) is 9.47 Å². The lowest BCUT2D eigenvalue weighted by atomic mass is 10.2. The highest BCUT2D eigenvalue weighted by atomic mass is 32.2. The predicted octanol–water partition coefficient (Wildman–Crippen LogP) is 3.72. The van der Waals surface area contributed by atoms with E-state index < -0.39 is 27.5 Å². The molecule has 0 aliphatic heterocycles. The molecule has 9 nitrogen and oxygen atoms in total. The average Bonchev–Trinajstić information content (AvgIpc) is 2.77. The fourth-order valence-electron chi connectivity index (χ4n) is 2.64. The molecule has 32 heavy (non-hydrogen) atoms. The van der Waals surface area contributed by atoms with E-state index in [2.05, 4.69) is 4.72 Å². The van der Waals surface area contributed by atoms with Crippen molar-refractivity contribution in [1.82, 2.24) is 4.72 Å². The molecule has 0 heterocycles. The van der Waals surface area contributed by atoms with Gasteiger partial charge in [0.25, 0.3) is 5.69 Å². The quantitative estimate of drug-likeness (QED) is 0.295. The molecule has 0 fully saturated rings. The number of nitro groups is 1. The number of hydrogen-bond acceptors (Lipinski definition) is 7. The Morgan fingerprint density at radius 1 is 1.00 bits per heavy atom. The number of carbonyl (C=O) groups is 1. The van der Waals surface area contributed by atoms with Gasteiger partial charge in [0, 0.05) is 12.1 Å². The maximum absolute atomic E-state index is 12.2. The lowest BCUT2D eigenvalue weighted by Crippen LogP contribution is -2.30. The molecule has 0 saturated heterocycles. The van der Waals surface area contributed by atoms with Crippen LogP contribution in [0.15, 0.2) is 77.7 Å². The Kier molecular flexibility index (Phi) is 7.18. The second-order valence-corrected chi connectivity index (χ2v) is 8.57. The summed E-state index contributed by atoms with van der Waals surface area (Å²) in [4.78, 5) is 22.3. The Hall–Kier alpha value is -3.76. The zero-order valence-corrected chi connectivity index (χ0v) is 17.9. The molecule has 0 atom stereocenters. The Bertz CT molecular complexity index is 1210. The molecular weight excluding hydrogens is 436 g/mol. The van der Waals surface area contributed by atoms with E-state index in [0.29, 0.717) is 17.1 Å². The topological polar surface area (TPSA) is 125 Å². The van der Waals surface area contributed by atoms with E-state index in [-0.39, 0.29) is 17.2 Å². The molecule has 0 aliphatic rings. The van der Waals surface area contributed by atoms with Crippen LogP contribution in [-0.2, 0) is 26.2 Å². The molecule has 1 N–H and O–H groups in total. The molecule has 166 valence electrons. The van der Waals surface area contributed by atoms with Crippen molar-refractivity contribution in [3.05, 3.63) is 94.0 Å². The number of esters is 1. The highest BCUT2D eigenvalue weighted by molar-refractivity contribution is 7.89. The summed E-state index contributed by atoms with van der Waals surface area (Å²) >= 11 is 0. The van der Waals surface area contributed by atoms with Crippen molar-refractivity contribution < 1.29 is 27.6 Å². The minimum Gasteiger partial charge on any atom is -0.460 e. The smallest absolute Gasteiger partial charge is 0.321 e. The summed E-state index contributed by atoms with van der Waals surface area (Å²) in [5.74, 6) is 0.130. The van der Waals surface area contributed by atoms with Crippen LogP contribution >= 0.6 is 0 Å². The van der Waals surface area contributed by atoms with Gasteiger partial charge in [0.15, 0.2) is 0 Å². The molecule has 3 rings (SSSR count). The van der Waals surface area contributed by atoms with Crippen LogP contribution in [0.1, 0.15) is 11.1 Å². The number of rotatable bonds is 9. The lowest BCUT2D eigenvalue weighted by Gasteiger charge is -2.09. The van der Waals surface area contributed by atoms with Crippen molar-refractivity contribution in [2.45, 2.75) is 18.4 Å². The summed E-state index contributed by atoms with van der Waals surface area (Å²) in [5.41, 5.74) is 1.50. The normalized spacial score (nSPS) is 11.0. The SMILES string of the molecule is Cc1ccc(S(=O)(=O)NCC(=O)OCc2cccc(Oc3ccc([N+](=O)[O-])cc3)c2)cc1. The van der Waals surface area contributed by atoms with Gasteiger partial charge in [-0.15, -0.1) is 0 Å². The van der Waals surface area contributed by atoms with Gasteiger partial charge in [-0.2, -0.15) is 4.72 Å². The average molecular weight is 456 g/mol. The van der Waals surface area contributed by atoms with Gasteiger partial charge in [0.05, 0.1) is 9.82 Å². The molecule has 0 radical (unpaired) electrons. The summed E-state index contributed by atoms with van der Waals surface area (Å²) in [6.45, 7) is 1.25. The van der Waals surface area contributed by atoms with Crippen LogP contribution < -0.4 is 9.46 Å².